The summed E-state index contributed by atoms with van der Waals surface area (Å²) in [6, 6.07) is 159. The highest BCUT2D eigenvalue weighted by molar-refractivity contribution is 6.11. The first kappa shape index (κ1) is 75.1. The van der Waals surface area contributed by atoms with Gasteiger partial charge < -0.3 is 13.7 Å². The zero-order chi connectivity index (χ0) is 85.5. The highest BCUT2D eigenvalue weighted by atomic mass is 16.3. The number of hydrogen-bond donors (Lipinski definition) is 1. The Balaban J connectivity index is 0.583. The molecule has 0 radical (unpaired) electrons. The molecule has 4 nitrogen and oxygen atoms in total. The molecule has 0 aliphatic heterocycles. The van der Waals surface area contributed by atoms with Crippen LogP contribution >= 0.6 is 0 Å². The largest absolute Gasteiger partial charge is 0.455 e. The topological polar surface area (TPSA) is 34.0 Å². The Hall–Kier alpha value is -15.5. The van der Waals surface area contributed by atoms with Crippen LogP contribution in [0.3, 0.4) is 0 Å². The number of rotatable bonds is 14. The lowest BCUT2D eigenvalue weighted by Crippen LogP contribution is -2.96. The molecule has 2 heterocycles. The second kappa shape index (κ2) is 28.5. The molecule has 21 aromatic rings. The summed E-state index contributed by atoms with van der Waals surface area (Å²) in [5.41, 5.74) is 45.9. The van der Waals surface area contributed by atoms with E-state index in [-0.39, 0.29) is 16.2 Å². The maximum absolute atomic E-state index is 6.52. The summed E-state index contributed by atoms with van der Waals surface area (Å²) in [4.78, 5) is 3.71. The van der Waals surface area contributed by atoms with Gasteiger partial charge in [0, 0.05) is 102 Å². The third kappa shape index (κ3) is 11.4. The third-order valence-electron chi connectivity index (χ3n) is 29.2. The molecule has 0 saturated carbocycles. The molecule has 2 aromatic heterocycles. The molecule has 4 aliphatic carbocycles. The second-order valence-electron chi connectivity index (χ2n) is 37.1. The van der Waals surface area contributed by atoms with E-state index < -0.39 is 5.41 Å². The van der Waals surface area contributed by atoms with E-state index in [1.165, 1.54) is 144 Å². The van der Waals surface area contributed by atoms with Crippen LogP contribution in [0, 0.1) is 0 Å². The number of nitrogens with one attached hydrogen (secondary N) is 1. The maximum atomic E-state index is 6.52. The van der Waals surface area contributed by atoms with Crippen molar-refractivity contribution in [3.63, 3.8) is 0 Å². The van der Waals surface area contributed by atoms with E-state index in [4.69, 9.17) is 8.83 Å². The Morgan fingerprint density at radius 1 is 0.195 bits per heavy atom. The number of fused-ring (bicyclic) bond motifs is 18. The number of hydrogen-bond acceptors (Lipinski definition) is 3. The van der Waals surface area contributed by atoms with Crippen LogP contribution in [0.1, 0.15) is 97.2 Å². The number of para-hydroxylation sites is 4. The number of benzene rings is 19. The van der Waals surface area contributed by atoms with E-state index in [1.807, 2.05) is 12.1 Å². The van der Waals surface area contributed by atoms with Crippen LogP contribution in [-0.2, 0) is 21.7 Å². The molecular formula is C124H89N2O2+. The van der Waals surface area contributed by atoms with Crippen molar-refractivity contribution in [2.45, 2.75) is 63.2 Å². The third-order valence-corrected chi connectivity index (χ3v) is 29.2. The predicted octanol–water partition coefficient (Wildman–Crippen LogP) is 32.4. The fraction of sp³-hybridized carbons (Fsp3) is 0.0806. The Morgan fingerprint density at radius 2 is 0.539 bits per heavy atom. The summed E-state index contributed by atoms with van der Waals surface area (Å²) < 4.78 is 13.0. The number of quaternary nitrogens is 1. The molecule has 4 aliphatic rings. The van der Waals surface area contributed by atoms with Crippen LogP contribution in [0.2, 0.25) is 0 Å². The first-order valence-corrected chi connectivity index (χ1v) is 44.9. The minimum atomic E-state index is -0.724. The zero-order valence-corrected chi connectivity index (χ0v) is 72.2. The first-order valence-electron chi connectivity index (χ1n) is 44.9. The molecule has 2 unspecified atom stereocenters. The van der Waals surface area contributed by atoms with Crippen LogP contribution in [0.15, 0.2) is 433 Å². The summed E-state index contributed by atoms with van der Waals surface area (Å²) in [5, 5.41) is 4.53. The molecule has 2 atom stereocenters. The van der Waals surface area contributed by atoms with Crippen LogP contribution in [0.4, 0.5) is 34.1 Å². The number of anilines is 3. The minimum absolute atomic E-state index is 0.218. The molecule has 25 rings (SSSR count). The van der Waals surface area contributed by atoms with Crippen molar-refractivity contribution >= 4 is 78.0 Å². The molecular weight excluding hydrogens is 1550 g/mol. The lowest BCUT2D eigenvalue weighted by Gasteiger charge is -2.35. The van der Waals surface area contributed by atoms with Gasteiger partial charge in [0.15, 0.2) is 0 Å². The Bertz CT molecular complexity index is 8120. The Labute approximate surface area is 746 Å². The average molecular weight is 1640 g/mol. The van der Waals surface area contributed by atoms with Gasteiger partial charge in [0.25, 0.3) is 0 Å². The van der Waals surface area contributed by atoms with Crippen LogP contribution in [-0.4, -0.2) is 0 Å². The summed E-state index contributed by atoms with van der Waals surface area (Å²) in [6.07, 6.45) is 0. The fourth-order valence-electron chi connectivity index (χ4n) is 22.7. The summed E-state index contributed by atoms with van der Waals surface area (Å²) >= 11 is 0. The van der Waals surface area contributed by atoms with E-state index in [0.717, 1.165) is 105 Å². The van der Waals surface area contributed by atoms with Crippen molar-refractivity contribution in [1.82, 2.24) is 0 Å². The van der Waals surface area contributed by atoms with Gasteiger partial charge in [0.2, 0.25) is 0 Å². The van der Waals surface area contributed by atoms with E-state index >= 15 is 0 Å². The molecule has 0 fully saturated rings. The first-order chi connectivity index (χ1) is 62.7. The van der Waals surface area contributed by atoms with Crippen LogP contribution in [0.5, 0.6) is 0 Å². The van der Waals surface area contributed by atoms with Crippen molar-refractivity contribution < 1.29 is 13.7 Å². The van der Waals surface area contributed by atoms with Gasteiger partial charge in [-0.15, -0.1) is 0 Å². The fourth-order valence-corrected chi connectivity index (χ4v) is 22.7. The van der Waals surface area contributed by atoms with Gasteiger partial charge in [-0.05, 0) is 247 Å². The van der Waals surface area contributed by atoms with Gasteiger partial charge in [-0.1, -0.05) is 339 Å². The van der Waals surface area contributed by atoms with Crippen LogP contribution < -0.4 is 9.80 Å². The van der Waals surface area contributed by atoms with Crippen LogP contribution in [0.25, 0.3) is 155 Å². The van der Waals surface area contributed by atoms with Gasteiger partial charge in [-0.25, -0.2) is 4.90 Å². The summed E-state index contributed by atoms with van der Waals surface area (Å²) in [5.74, 6) is 0. The van der Waals surface area contributed by atoms with Crippen molar-refractivity contribution in [1.29, 1.82) is 0 Å². The summed E-state index contributed by atoms with van der Waals surface area (Å²) in [6.45, 7) is 14.4. The Morgan fingerprint density at radius 3 is 1.13 bits per heavy atom. The summed E-state index contributed by atoms with van der Waals surface area (Å²) in [7, 11) is 0. The van der Waals surface area contributed by atoms with Crippen molar-refractivity contribution in [3.8, 4) is 111 Å². The normalized spacial score (nSPS) is 15.1. The molecule has 0 bridgehead atoms. The molecule has 0 spiro atoms. The van der Waals surface area contributed by atoms with Gasteiger partial charge in [0.05, 0.1) is 5.41 Å². The van der Waals surface area contributed by atoms with Crippen molar-refractivity contribution in [3.05, 3.63) is 480 Å². The number of nitrogens with zero attached hydrogens (tertiary/aromatic N) is 1. The zero-order valence-electron chi connectivity index (χ0n) is 72.2. The average Bonchev–Trinajstić information content (AvgIpc) is 1.54. The highest BCUT2D eigenvalue weighted by Gasteiger charge is 2.48. The standard InChI is InChI=1S/C124H88N2O2/c1-121(2)109-38-17-13-30-97(109)100-65-60-91(73-113(100)121)126(90-58-52-81(53-59-90)79-44-48-83(49-45-79)96-35-23-37-107-105-33-16-20-41-118(105)128-120(96)107)94-62-67-102-98-31-14-18-39-111(98)124(116(102)76-94,87-27-11-8-12-28-87)88-29-21-26-84(70-88)85-55-69-110-108(71-85)103-68-63-93(75-115(103)122(110,3)4)125(92-61-66-101-99-64-54-86(77-24-9-7-10-25-77)72-112(99)123(5,6)114(101)74-92)89-56-50-80(51-57-89)78-42-46-82(47-43-78)95-34-22-36-106-104-32-15-19-40-117(104)127-119(95)106/h7-76H,1-6H3/p+1. The van der Waals surface area contributed by atoms with Gasteiger partial charge in [-0.2, -0.15) is 0 Å². The van der Waals surface area contributed by atoms with E-state index in [0.29, 0.717) is 0 Å². The predicted molar refractivity (Wildman–Crippen MR) is 531 cm³/mol. The molecule has 0 amide bonds. The van der Waals surface area contributed by atoms with Crippen molar-refractivity contribution in [2.75, 3.05) is 4.90 Å². The van der Waals surface area contributed by atoms with E-state index in [2.05, 4.69) is 459 Å². The highest BCUT2D eigenvalue weighted by Crippen LogP contribution is 2.60. The SMILES string of the molecule is CC1(C)c2ccccc2-c2ccc(N(c3ccc(-c4ccc(-c5cccc6c5oc5ccccc56)cc4)cc3)c3ccc4c(c3)C(c3ccccc3)(c3cccc(-c5ccc6c(c5)-c5ccc([NH+](c7ccc(-c8ccc(-c9cccc%10c9oc9ccccc9%10)cc8)cc7)c7ccc8c(c7)C(C)(C)c7cc(-c9ccccc9)ccc7-8)cc5C6(C)C)c3)c3ccccc3-4)cc21. The maximum Gasteiger partial charge on any atom is 0.143 e. The number of furan rings is 2. The van der Waals surface area contributed by atoms with Gasteiger partial charge in [-0.3, -0.25) is 0 Å². The van der Waals surface area contributed by atoms with E-state index in [9.17, 15) is 0 Å². The molecule has 128 heavy (non-hydrogen) atoms. The lowest BCUT2D eigenvalue weighted by atomic mass is 9.67. The van der Waals surface area contributed by atoms with Gasteiger partial charge in [0.1, 0.15) is 39.4 Å². The smallest absolute Gasteiger partial charge is 0.143 e. The molecule has 0 saturated heterocycles. The lowest BCUT2D eigenvalue weighted by molar-refractivity contribution is -0.681. The van der Waals surface area contributed by atoms with Crippen molar-refractivity contribution in [2.24, 2.45) is 0 Å². The Kier molecular flexibility index (Phi) is 16.7. The van der Waals surface area contributed by atoms with Gasteiger partial charge >= 0.3 is 0 Å². The minimum Gasteiger partial charge on any atom is -0.455 e. The quantitative estimate of drug-likeness (QED) is 0.118. The molecule has 606 valence electrons. The molecule has 19 aromatic carbocycles. The second-order valence-corrected chi connectivity index (χ2v) is 37.1. The van der Waals surface area contributed by atoms with E-state index in [1.54, 1.807) is 0 Å². The molecule has 4 heteroatoms. The molecule has 1 N–H and O–H groups in total. The monoisotopic (exact) mass is 1640 g/mol.